The van der Waals surface area contributed by atoms with E-state index in [0.717, 1.165) is 12.1 Å². The highest BCUT2D eigenvalue weighted by molar-refractivity contribution is 5.71. The third-order valence-electron chi connectivity index (χ3n) is 4.56. The maximum absolute atomic E-state index is 12.7. The number of halogens is 3. The lowest BCUT2D eigenvalue weighted by Crippen LogP contribution is -2.20. The Morgan fingerprint density at radius 1 is 1.26 bits per heavy atom. The predicted molar refractivity (Wildman–Crippen MR) is 89.1 cm³/mol. The largest absolute Gasteiger partial charge is 0.507 e. The monoisotopic (exact) mass is 382 g/mol. The molecule has 3 N–H and O–H groups in total. The number of hydrogen-bond donors (Lipinski definition) is 3. The number of hydrogen-bond acceptors (Lipinski definition) is 6. The van der Waals surface area contributed by atoms with Gasteiger partial charge in [-0.2, -0.15) is 13.2 Å². The van der Waals surface area contributed by atoms with E-state index in [2.05, 4.69) is 20.5 Å². The van der Waals surface area contributed by atoms with Crippen LogP contribution in [0.5, 0.6) is 5.75 Å². The van der Waals surface area contributed by atoms with Crippen molar-refractivity contribution in [2.24, 2.45) is 5.92 Å². The van der Waals surface area contributed by atoms with Gasteiger partial charge in [-0.15, -0.1) is 10.2 Å². The van der Waals surface area contributed by atoms with Crippen LogP contribution in [0.15, 0.2) is 18.2 Å². The number of alkyl halides is 3. The van der Waals surface area contributed by atoms with E-state index in [1.54, 1.807) is 6.92 Å². The summed E-state index contributed by atoms with van der Waals surface area (Å²) in [6.07, 6.45) is -2.87. The average Bonchev–Trinajstić information content (AvgIpc) is 3.03. The van der Waals surface area contributed by atoms with Gasteiger partial charge in [0.1, 0.15) is 11.4 Å². The van der Waals surface area contributed by atoms with E-state index >= 15 is 0 Å². The van der Waals surface area contributed by atoms with E-state index in [9.17, 15) is 23.1 Å². The van der Waals surface area contributed by atoms with Crippen molar-refractivity contribution in [2.75, 3.05) is 5.32 Å². The van der Waals surface area contributed by atoms with Crippen LogP contribution in [0, 0.1) is 12.8 Å². The van der Waals surface area contributed by atoms with Crippen molar-refractivity contribution in [3.05, 3.63) is 29.5 Å². The molecule has 7 nitrogen and oxygen atoms in total. The summed E-state index contributed by atoms with van der Waals surface area (Å²) in [4.78, 5) is 15.2. The third-order valence-corrected chi connectivity index (χ3v) is 4.56. The number of phenols is 1. The standard InChI is InChI=1S/C17H17F3N4O3/c1-8-14(12-5-3-10(7-13(12)25)17(18,19)20)23-24-16(21-8)22-11-4-2-9(6-11)15(26)27/h3,5,7,9,11,25H,2,4,6H2,1H3,(H,26,27)(H,21,22,24)/t9-,11+/m0/s1. The van der Waals surface area contributed by atoms with Crippen molar-refractivity contribution in [2.45, 2.75) is 38.4 Å². The van der Waals surface area contributed by atoms with Gasteiger partial charge >= 0.3 is 12.1 Å². The van der Waals surface area contributed by atoms with Gasteiger partial charge in [-0.3, -0.25) is 4.79 Å². The molecule has 1 saturated carbocycles. The lowest BCUT2D eigenvalue weighted by Gasteiger charge is -2.14. The quantitative estimate of drug-likeness (QED) is 0.745. The lowest BCUT2D eigenvalue weighted by atomic mass is 10.1. The Kier molecular flexibility index (Phi) is 4.90. The molecule has 10 heteroatoms. The Balaban J connectivity index is 1.78. The maximum Gasteiger partial charge on any atom is 0.416 e. The van der Waals surface area contributed by atoms with Crippen LogP contribution in [0.4, 0.5) is 19.1 Å². The molecule has 3 rings (SSSR count). The summed E-state index contributed by atoms with van der Waals surface area (Å²) in [7, 11) is 0. The van der Waals surface area contributed by atoms with E-state index in [1.165, 1.54) is 0 Å². The first-order valence-electron chi connectivity index (χ1n) is 8.26. The highest BCUT2D eigenvalue weighted by Gasteiger charge is 2.32. The first-order chi connectivity index (χ1) is 12.6. The first-order valence-corrected chi connectivity index (χ1v) is 8.26. The van der Waals surface area contributed by atoms with Gasteiger partial charge in [-0.1, -0.05) is 0 Å². The molecule has 0 radical (unpaired) electrons. The normalized spacial score (nSPS) is 19.9. The van der Waals surface area contributed by atoms with Crippen molar-refractivity contribution in [1.29, 1.82) is 0 Å². The summed E-state index contributed by atoms with van der Waals surface area (Å²) in [6.45, 7) is 1.60. The summed E-state index contributed by atoms with van der Waals surface area (Å²) in [6, 6.07) is 2.52. The molecule has 1 aliphatic rings. The van der Waals surface area contributed by atoms with Gasteiger partial charge < -0.3 is 15.5 Å². The molecule has 144 valence electrons. The zero-order valence-corrected chi connectivity index (χ0v) is 14.3. The molecule has 2 aromatic rings. The fourth-order valence-electron chi connectivity index (χ4n) is 3.14. The minimum atomic E-state index is -4.56. The molecule has 0 aliphatic heterocycles. The smallest absolute Gasteiger partial charge is 0.416 e. The second-order valence-corrected chi connectivity index (χ2v) is 6.49. The van der Waals surface area contributed by atoms with E-state index in [4.69, 9.17) is 5.11 Å². The van der Waals surface area contributed by atoms with Gasteiger partial charge in [-0.25, -0.2) is 4.98 Å². The SMILES string of the molecule is Cc1nc(N[C@@H]2CC[C@H](C(=O)O)C2)nnc1-c1ccc(C(F)(F)F)cc1O. The molecular weight excluding hydrogens is 365 g/mol. The minimum Gasteiger partial charge on any atom is -0.507 e. The number of nitrogens with one attached hydrogen (secondary N) is 1. The maximum atomic E-state index is 12.7. The molecule has 1 aliphatic carbocycles. The molecule has 1 aromatic heterocycles. The molecule has 1 fully saturated rings. The van der Waals surface area contributed by atoms with Crippen LogP contribution in [0.2, 0.25) is 0 Å². The summed E-state index contributed by atoms with van der Waals surface area (Å²) in [5, 5.41) is 29.9. The number of carbonyl (C=O) groups is 1. The van der Waals surface area contributed by atoms with Gasteiger partial charge in [0, 0.05) is 11.6 Å². The molecule has 27 heavy (non-hydrogen) atoms. The zero-order chi connectivity index (χ0) is 19.8. The molecular formula is C17H17F3N4O3. The molecule has 1 aromatic carbocycles. The Bertz CT molecular complexity index is 873. The first kappa shape index (κ1) is 18.9. The third kappa shape index (κ3) is 4.09. The fraction of sp³-hybridized carbons (Fsp3) is 0.412. The minimum absolute atomic E-state index is 0.0855. The van der Waals surface area contributed by atoms with Crippen molar-refractivity contribution >= 4 is 11.9 Å². The number of aliphatic carboxylic acids is 1. The second kappa shape index (κ2) is 7.01. The lowest BCUT2D eigenvalue weighted by molar-refractivity contribution is -0.141. The van der Waals surface area contributed by atoms with Crippen LogP contribution in [-0.2, 0) is 11.0 Å². The van der Waals surface area contributed by atoms with E-state index < -0.39 is 29.4 Å². The van der Waals surface area contributed by atoms with Crippen molar-refractivity contribution < 1.29 is 28.2 Å². The highest BCUT2D eigenvalue weighted by atomic mass is 19.4. The molecule has 1 heterocycles. The Morgan fingerprint density at radius 2 is 2.00 bits per heavy atom. The highest BCUT2D eigenvalue weighted by Crippen LogP contribution is 2.36. The number of rotatable bonds is 4. The molecule has 0 saturated heterocycles. The van der Waals surface area contributed by atoms with Crippen LogP contribution in [-0.4, -0.2) is 37.4 Å². The van der Waals surface area contributed by atoms with E-state index in [0.29, 0.717) is 31.0 Å². The predicted octanol–water partition coefficient (Wildman–Crippen LogP) is 3.24. The average molecular weight is 382 g/mol. The number of phenolic OH excluding ortho intramolecular Hbond substituents is 1. The van der Waals surface area contributed by atoms with Crippen molar-refractivity contribution in [3.8, 4) is 17.0 Å². The molecule has 0 amide bonds. The number of benzene rings is 1. The second-order valence-electron chi connectivity index (χ2n) is 6.49. The summed E-state index contributed by atoms with van der Waals surface area (Å²) in [5.74, 6) is -1.59. The van der Waals surface area contributed by atoms with Crippen LogP contribution in [0.1, 0.15) is 30.5 Å². The van der Waals surface area contributed by atoms with Crippen LogP contribution in [0.3, 0.4) is 0 Å². The van der Waals surface area contributed by atoms with Gasteiger partial charge in [0.25, 0.3) is 0 Å². The summed E-state index contributed by atoms with van der Waals surface area (Å²) in [5.41, 5.74) is -0.328. The Labute approximate surface area is 152 Å². The van der Waals surface area contributed by atoms with Crippen LogP contribution in [0.25, 0.3) is 11.3 Å². The number of nitrogens with zero attached hydrogens (tertiary/aromatic N) is 3. The summed E-state index contributed by atoms with van der Waals surface area (Å²) >= 11 is 0. The Hall–Kier alpha value is -2.91. The number of carboxylic acid groups (broad SMARTS) is 1. The molecule has 2 atom stereocenters. The number of aromatic nitrogens is 3. The van der Waals surface area contributed by atoms with E-state index in [1.807, 2.05) is 0 Å². The number of aromatic hydroxyl groups is 1. The number of aryl methyl sites for hydroxylation is 1. The van der Waals surface area contributed by atoms with Gasteiger partial charge in [-0.05, 0) is 44.4 Å². The number of carboxylic acids is 1. The van der Waals surface area contributed by atoms with Crippen LogP contribution < -0.4 is 5.32 Å². The zero-order valence-electron chi connectivity index (χ0n) is 14.3. The molecule has 0 unspecified atom stereocenters. The van der Waals surface area contributed by atoms with Gasteiger partial charge in [0.2, 0.25) is 5.95 Å². The van der Waals surface area contributed by atoms with Crippen molar-refractivity contribution in [3.63, 3.8) is 0 Å². The topological polar surface area (TPSA) is 108 Å². The van der Waals surface area contributed by atoms with Gasteiger partial charge in [0.05, 0.1) is 17.2 Å². The molecule has 0 bridgehead atoms. The van der Waals surface area contributed by atoms with E-state index in [-0.39, 0.29) is 23.2 Å². The summed E-state index contributed by atoms with van der Waals surface area (Å²) < 4.78 is 38.1. The fourth-order valence-corrected chi connectivity index (χ4v) is 3.14. The molecule has 0 spiro atoms. The van der Waals surface area contributed by atoms with Crippen LogP contribution >= 0.6 is 0 Å². The Morgan fingerprint density at radius 3 is 2.56 bits per heavy atom. The van der Waals surface area contributed by atoms with Crippen molar-refractivity contribution in [1.82, 2.24) is 15.2 Å². The van der Waals surface area contributed by atoms with Gasteiger partial charge in [0.15, 0.2) is 0 Å². The number of anilines is 1.